The first-order chi connectivity index (χ1) is 13.5. The van der Waals surface area contributed by atoms with Crippen LogP contribution in [0.15, 0.2) is 60.7 Å². The molecule has 4 N–H and O–H groups in total. The van der Waals surface area contributed by atoms with Gasteiger partial charge in [0.15, 0.2) is 11.6 Å². The molecule has 0 saturated carbocycles. The summed E-state index contributed by atoms with van der Waals surface area (Å²) in [6, 6.07) is 17.1. The number of carbonyl (C=O) groups excluding carboxylic acids is 3. The van der Waals surface area contributed by atoms with Crippen molar-refractivity contribution in [3.05, 3.63) is 82.9 Å². The molecule has 0 radical (unpaired) electrons. The van der Waals surface area contributed by atoms with Crippen LogP contribution in [-0.2, 0) is 4.79 Å². The number of hydrogen-bond donors (Lipinski definition) is 3. The zero-order chi connectivity index (χ0) is 19.8. The monoisotopic (exact) mass is 371 g/mol. The molecule has 0 spiro atoms. The molecule has 0 fully saturated rings. The molecule has 0 bridgehead atoms. The fourth-order valence-electron chi connectivity index (χ4n) is 3.35. The second-order valence-electron chi connectivity index (χ2n) is 6.54. The fraction of sp³-hybridized carbons (Fsp3) is 0.0455. The van der Waals surface area contributed by atoms with E-state index in [0.29, 0.717) is 28.2 Å². The molecule has 1 aliphatic carbocycles. The summed E-state index contributed by atoms with van der Waals surface area (Å²) >= 11 is 0. The van der Waals surface area contributed by atoms with Gasteiger partial charge in [-0.2, -0.15) is 0 Å². The highest BCUT2D eigenvalue weighted by Crippen LogP contribution is 2.36. The second-order valence-corrected chi connectivity index (χ2v) is 6.54. The van der Waals surface area contributed by atoms with Gasteiger partial charge in [0.25, 0.3) is 0 Å². The smallest absolute Gasteiger partial charge is 0.221 e. The van der Waals surface area contributed by atoms with Crippen molar-refractivity contribution < 1.29 is 14.4 Å². The predicted octanol–water partition coefficient (Wildman–Crippen LogP) is 3.75. The van der Waals surface area contributed by atoms with Gasteiger partial charge in [0.1, 0.15) is 0 Å². The highest BCUT2D eigenvalue weighted by atomic mass is 16.1. The summed E-state index contributed by atoms with van der Waals surface area (Å²) in [5.41, 5.74) is 9.42. The summed E-state index contributed by atoms with van der Waals surface area (Å²) < 4.78 is 0. The Labute approximate surface area is 161 Å². The normalized spacial score (nSPS) is 12.2. The maximum atomic E-state index is 13.1. The van der Waals surface area contributed by atoms with Crippen LogP contribution < -0.4 is 16.4 Å². The largest absolute Gasteiger partial charge is 0.398 e. The first-order valence-electron chi connectivity index (χ1n) is 8.71. The van der Waals surface area contributed by atoms with E-state index in [2.05, 4.69) is 10.6 Å². The van der Waals surface area contributed by atoms with Gasteiger partial charge in [-0.1, -0.05) is 24.3 Å². The average molecular weight is 371 g/mol. The third-order valence-corrected chi connectivity index (χ3v) is 4.59. The number of ketones is 2. The molecule has 138 valence electrons. The Morgan fingerprint density at radius 3 is 1.96 bits per heavy atom. The lowest BCUT2D eigenvalue weighted by Crippen LogP contribution is -2.23. The van der Waals surface area contributed by atoms with Gasteiger partial charge in [0.2, 0.25) is 5.91 Å². The Kier molecular flexibility index (Phi) is 4.16. The summed E-state index contributed by atoms with van der Waals surface area (Å²) in [6.07, 6.45) is 0. The number of amides is 1. The van der Waals surface area contributed by atoms with Crippen LogP contribution in [0.1, 0.15) is 38.8 Å². The molecule has 28 heavy (non-hydrogen) atoms. The molecule has 0 heterocycles. The molecular formula is C22H17N3O3. The highest BCUT2D eigenvalue weighted by molar-refractivity contribution is 6.31. The summed E-state index contributed by atoms with van der Waals surface area (Å²) in [5.74, 6) is -0.654. The van der Waals surface area contributed by atoms with Gasteiger partial charge in [0, 0.05) is 35.1 Å². The molecule has 3 aromatic carbocycles. The Morgan fingerprint density at radius 1 is 0.786 bits per heavy atom. The van der Waals surface area contributed by atoms with Gasteiger partial charge in [-0.15, -0.1) is 0 Å². The number of benzene rings is 3. The lowest BCUT2D eigenvalue weighted by molar-refractivity contribution is -0.114. The number of hydrogen-bond acceptors (Lipinski definition) is 5. The van der Waals surface area contributed by atoms with Crippen molar-refractivity contribution in [2.24, 2.45) is 0 Å². The van der Waals surface area contributed by atoms with E-state index in [1.54, 1.807) is 60.7 Å². The van der Waals surface area contributed by atoms with Gasteiger partial charge in [-0.25, -0.2) is 0 Å². The SMILES string of the molecule is CC(=O)Nc1ccc(Nc2ccc(N)c3c2C(=O)c2ccccc2C3=O)cc1. The molecule has 1 amide bonds. The van der Waals surface area contributed by atoms with Crippen molar-refractivity contribution in [1.29, 1.82) is 0 Å². The van der Waals surface area contributed by atoms with E-state index < -0.39 is 0 Å². The molecule has 3 aromatic rings. The van der Waals surface area contributed by atoms with Gasteiger partial charge in [-0.3, -0.25) is 14.4 Å². The van der Waals surface area contributed by atoms with Gasteiger partial charge in [-0.05, 0) is 36.4 Å². The number of nitrogens with one attached hydrogen (secondary N) is 2. The van der Waals surface area contributed by atoms with Crippen molar-refractivity contribution in [1.82, 2.24) is 0 Å². The molecule has 0 saturated heterocycles. The molecule has 4 rings (SSSR count). The Bertz CT molecular complexity index is 1130. The standard InChI is InChI=1S/C22H17N3O3/c1-12(26)24-13-6-8-14(9-7-13)25-18-11-10-17(23)19-20(18)22(28)16-5-3-2-4-15(16)21(19)27/h2-11,25H,23H2,1H3,(H,24,26). The van der Waals surface area contributed by atoms with E-state index in [-0.39, 0.29) is 34.3 Å². The van der Waals surface area contributed by atoms with Crippen LogP contribution in [-0.4, -0.2) is 17.5 Å². The van der Waals surface area contributed by atoms with Gasteiger partial charge in [0.05, 0.1) is 16.8 Å². The van der Waals surface area contributed by atoms with Crippen LogP contribution in [0.5, 0.6) is 0 Å². The van der Waals surface area contributed by atoms with Crippen molar-refractivity contribution in [3.63, 3.8) is 0 Å². The number of carbonyl (C=O) groups is 3. The average Bonchev–Trinajstić information content (AvgIpc) is 2.68. The minimum atomic E-state index is -0.257. The van der Waals surface area contributed by atoms with Crippen LogP contribution in [0, 0.1) is 0 Å². The zero-order valence-corrected chi connectivity index (χ0v) is 15.1. The molecule has 0 atom stereocenters. The summed E-state index contributed by atoms with van der Waals surface area (Å²) in [6.45, 7) is 1.44. The number of rotatable bonds is 3. The van der Waals surface area contributed by atoms with Crippen molar-refractivity contribution in [3.8, 4) is 0 Å². The molecule has 1 aliphatic rings. The third kappa shape index (κ3) is 2.91. The summed E-state index contributed by atoms with van der Waals surface area (Å²) in [4.78, 5) is 37.2. The number of anilines is 4. The zero-order valence-electron chi connectivity index (χ0n) is 15.1. The molecule has 6 nitrogen and oxygen atoms in total. The fourth-order valence-corrected chi connectivity index (χ4v) is 3.35. The Hall–Kier alpha value is -3.93. The molecular weight excluding hydrogens is 354 g/mol. The van der Waals surface area contributed by atoms with Gasteiger partial charge < -0.3 is 16.4 Å². The van der Waals surface area contributed by atoms with Crippen LogP contribution in [0.3, 0.4) is 0 Å². The first kappa shape index (κ1) is 17.5. The Morgan fingerprint density at radius 2 is 1.36 bits per heavy atom. The van der Waals surface area contributed by atoms with Crippen LogP contribution in [0.2, 0.25) is 0 Å². The second kappa shape index (κ2) is 6.66. The summed E-state index contributed by atoms with van der Waals surface area (Å²) in [5, 5.41) is 5.88. The Balaban J connectivity index is 1.75. The third-order valence-electron chi connectivity index (χ3n) is 4.59. The molecule has 0 aromatic heterocycles. The van der Waals surface area contributed by atoms with E-state index in [4.69, 9.17) is 5.73 Å². The molecule has 0 unspecified atom stereocenters. The topological polar surface area (TPSA) is 101 Å². The van der Waals surface area contributed by atoms with Crippen molar-refractivity contribution in [2.45, 2.75) is 6.92 Å². The minimum Gasteiger partial charge on any atom is -0.398 e. The number of nitrogens with two attached hydrogens (primary N) is 1. The van der Waals surface area contributed by atoms with E-state index in [1.807, 2.05) is 0 Å². The quantitative estimate of drug-likeness (QED) is 0.476. The predicted molar refractivity (Wildman–Crippen MR) is 108 cm³/mol. The lowest BCUT2D eigenvalue weighted by Gasteiger charge is -2.22. The number of nitrogen functional groups attached to an aromatic ring is 1. The summed E-state index contributed by atoms with van der Waals surface area (Å²) in [7, 11) is 0. The van der Waals surface area contributed by atoms with E-state index in [0.717, 1.165) is 0 Å². The van der Waals surface area contributed by atoms with Crippen LogP contribution in [0.4, 0.5) is 22.7 Å². The van der Waals surface area contributed by atoms with E-state index in [9.17, 15) is 14.4 Å². The van der Waals surface area contributed by atoms with E-state index >= 15 is 0 Å². The highest BCUT2D eigenvalue weighted by Gasteiger charge is 2.33. The van der Waals surface area contributed by atoms with Crippen molar-refractivity contribution >= 4 is 40.2 Å². The van der Waals surface area contributed by atoms with Crippen molar-refractivity contribution in [2.75, 3.05) is 16.4 Å². The van der Waals surface area contributed by atoms with Crippen LogP contribution in [0.25, 0.3) is 0 Å². The minimum absolute atomic E-state index is 0.156. The van der Waals surface area contributed by atoms with E-state index in [1.165, 1.54) is 6.92 Å². The number of fused-ring (bicyclic) bond motifs is 2. The lowest BCUT2D eigenvalue weighted by atomic mass is 9.82. The van der Waals surface area contributed by atoms with Crippen LogP contribution >= 0.6 is 0 Å². The van der Waals surface area contributed by atoms with Gasteiger partial charge >= 0.3 is 0 Å². The maximum Gasteiger partial charge on any atom is 0.221 e. The molecule has 6 heteroatoms. The first-order valence-corrected chi connectivity index (χ1v) is 8.71. The molecule has 0 aliphatic heterocycles. The maximum absolute atomic E-state index is 13.1.